The number of hydrogen-bond donors (Lipinski definition) is 2. The number of nitro benzene ring substituents is 1. The Morgan fingerprint density at radius 3 is 2.54 bits per heavy atom. The summed E-state index contributed by atoms with van der Waals surface area (Å²) in [4.78, 5) is 22.3. The van der Waals surface area contributed by atoms with Gasteiger partial charge in [0.2, 0.25) is 0 Å². The van der Waals surface area contributed by atoms with Crippen molar-refractivity contribution < 1.29 is 9.72 Å². The summed E-state index contributed by atoms with van der Waals surface area (Å²) in [6.45, 7) is 1.03. The molecular formula is C18H19N3O3. The van der Waals surface area contributed by atoms with Gasteiger partial charge in [0.15, 0.2) is 0 Å². The molecule has 0 spiro atoms. The Hall–Kier alpha value is -2.89. The largest absolute Gasteiger partial charge is 0.383 e. The third-order valence-electron chi connectivity index (χ3n) is 4.18. The molecule has 124 valence electrons. The molecule has 0 saturated heterocycles. The number of nitrogens with zero attached hydrogens (tertiary/aromatic N) is 1. The van der Waals surface area contributed by atoms with E-state index in [1.807, 2.05) is 18.2 Å². The van der Waals surface area contributed by atoms with Gasteiger partial charge in [-0.15, -0.1) is 0 Å². The van der Waals surface area contributed by atoms with Gasteiger partial charge in [-0.1, -0.05) is 6.07 Å². The quantitative estimate of drug-likeness (QED) is 0.486. The SMILES string of the molecule is O=C(NCCNc1ccc([N+](=O)[O-])cc1)c1ccc2c(c1)CCC2. The van der Waals surface area contributed by atoms with Crippen molar-refractivity contribution in [2.75, 3.05) is 18.4 Å². The summed E-state index contributed by atoms with van der Waals surface area (Å²) >= 11 is 0. The Balaban J connectivity index is 1.46. The van der Waals surface area contributed by atoms with Crippen molar-refractivity contribution in [3.63, 3.8) is 0 Å². The summed E-state index contributed by atoms with van der Waals surface area (Å²) in [5.74, 6) is -0.0739. The summed E-state index contributed by atoms with van der Waals surface area (Å²) in [6, 6.07) is 12.1. The van der Waals surface area contributed by atoms with Crippen LogP contribution in [0.15, 0.2) is 42.5 Å². The van der Waals surface area contributed by atoms with Crippen LogP contribution in [0.4, 0.5) is 11.4 Å². The minimum Gasteiger partial charge on any atom is -0.383 e. The zero-order valence-electron chi connectivity index (χ0n) is 13.2. The summed E-state index contributed by atoms with van der Waals surface area (Å²) < 4.78 is 0. The molecule has 0 aliphatic heterocycles. The van der Waals surface area contributed by atoms with E-state index >= 15 is 0 Å². The predicted molar refractivity (Wildman–Crippen MR) is 92.4 cm³/mol. The van der Waals surface area contributed by atoms with Crippen LogP contribution in [0, 0.1) is 10.1 Å². The molecule has 2 aromatic rings. The first kappa shape index (κ1) is 16.0. The van der Waals surface area contributed by atoms with Gasteiger partial charge in [0.1, 0.15) is 0 Å². The van der Waals surface area contributed by atoms with Crippen LogP contribution in [0.5, 0.6) is 0 Å². The molecule has 0 bridgehead atoms. The number of nitro groups is 1. The molecule has 3 rings (SSSR count). The first-order valence-electron chi connectivity index (χ1n) is 8.02. The number of rotatable bonds is 6. The minimum atomic E-state index is -0.430. The lowest BCUT2D eigenvalue weighted by Crippen LogP contribution is -2.28. The Bertz CT molecular complexity index is 757. The van der Waals surface area contributed by atoms with E-state index in [1.165, 1.54) is 29.7 Å². The summed E-state index contributed by atoms with van der Waals surface area (Å²) in [6.07, 6.45) is 3.33. The van der Waals surface area contributed by atoms with E-state index in [2.05, 4.69) is 10.6 Å². The molecule has 1 amide bonds. The number of aryl methyl sites for hydroxylation is 2. The molecule has 24 heavy (non-hydrogen) atoms. The van der Waals surface area contributed by atoms with Gasteiger partial charge in [-0.2, -0.15) is 0 Å². The molecule has 0 radical (unpaired) electrons. The lowest BCUT2D eigenvalue weighted by molar-refractivity contribution is -0.384. The Labute approximate surface area is 140 Å². The standard InChI is InChI=1S/C18H19N3O3/c22-18(15-5-4-13-2-1-3-14(13)12-15)20-11-10-19-16-6-8-17(9-7-16)21(23)24/h4-9,12,19H,1-3,10-11H2,(H,20,22). The van der Waals surface area contributed by atoms with E-state index in [0.717, 1.165) is 18.5 Å². The molecule has 0 unspecified atom stereocenters. The fourth-order valence-electron chi connectivity index (χ4n) is 2.90. The molecule has 6 nitrogen and oxygen atoms in total. The topological polar surface area (TPSA) is 84.3 Å². The highest BCUT2D eigenvalue weighted by atomic mass is 16.6. The van der Waals surface area contributed by atoms with Crippen molar-refractivity contribution >= 4 is 17.3 Å². The minimum absolute atomic E-state index is 0.0606. The van der Waals surface area contributed by atoms with Gasteiger partial charge >= 0.3 is 0 Å². The third-order valence-corrected chi connectivity index (χ3v) is 4.18. The number of fused-ring (bicyclic) bond motifs is 1. The van der Waals surface area contributed by atoms with Crippen LogP contribution < -0.4 is 10.6 Å². The molecule has 0 atom stereocenters. The molecule has 2 N–H and O–H groups in total. The zero-order chi connectivity index (χ0) is 16.9. The van der Waals surface area contributed by atoms with E-state index in [1.54, 1.807) is 12.1 Å². The molecule has 0 aromatic heterocycles. The van der Waals surface area contributed by atoms with E-state index in [9.17, 15) is 14.9 Å². The molecule has 0 fully saturated rings. The first-order valence-corrected chi connectivity index (χ1v) is 8.02. The fourth-order valence-corrected chi connectivity index (χ4v) is 2.90. The Morgan fingerprint density at radius 1 is 1.04 bits per heavy atom. The number of carbonyl (C=O) groups excluding carboxylic acids is 1. The highest BCUT2D eigenvalue weighted by molar-refractivity contribution is 5.94. The number of anilines is 1. The Kier molecular flexibility index (Phi) is 4.74. The monoisotopic (exact) mass is 325 g/mol. The normalized spacial score (nSPS) is 12.5. The highest BCUT2D eigenvalue weighted by Gasteiger charge is 2.13. The van der Waals surface area contributed by atoms with Gasteiger partial charge in [-0.25, -0.2) is 0 Å². The maximum Gasteiger partial charge on any atom is 0.269 e. The predicted octanol–water partition coefficient (Wildman–Crippen LogP) is 2.93. The van der Waals surface area contributed by atoms with E-state index in [4.69, 9.17) is 0 Å². The third kappa shape index (κ3) is 3.71. The van der Waals surface area contributed by atoms with Crippen LogP contribution in [0.3, 0.4) is 0 Å². The number of carbonyl (C=O) groups is 1. The van der Waals surface area contributed by atoms with E-state index in [-0.39, 0.29) is 11.6 Å². The van der Waals surface area contributed by atoms with Crippen LogP contribution in [-0.2, 0) is 12.8 Å². The Morgan fingerprint density at radius 2 is 1.79 bits per heavy atom. The number of benzene rings is 2. The lowest BCUT2D eigenvalue weighted by atomic mass is 10.1. The van der Waals surface area contributed by atoms with Gasteiger partial charge in [0.25, 0.3) is 11.6 Å². The molecule has 1 aliphatic rings. The van der Waals surface area contributed by atoms with Crippen LogP contribution in [0.25, 0.3) is 0 Å². The zero-order valence-corrected chi connectivity index (χ0v) is 13.2. The number of non-ortho nitro benzene ring substituents is 1. The second-order valence-electron chi connectivity index (χ2n) is 5.82. The van der Waals surface area contributed by atoms with Crippen LogP contribution in [0.2, 0.25) is 0 Å². The summed E-state index contributed by atoms with van der Waals surface area (Å²) in [5, 5.41) is 16.6. The fraction of sp³-hybridized carbons (Fsp3) is 0.278. The first-order chi connectivity index (χ1) is 11.6. The van der Waals surface area contributed by atoms with Gasteiger partial charge < -0.3 is 10.6 Å². The second-order valence-corrected chi connectivity index (χ2v) is 5.82. The van der Waals surface area contributed by atoms with Crippen molar-refractivity contribution in [1.82, 2.24) is 5.32 Å². The van der Waals surface area contributed by atoms with Crippen LogP contribution >= 0.6 is 0 Å². The van der Waals surface area contributed by atoms with Gasteiger partial charge in [0, 0.05) is 36.5 Å². The smallest absolute Gasteiger partial charge is 0.269 e. The van der Waals surface area contributed by atoms with Crippen molar-refractivity contribution in [2.24, 2.45) is 0 Å². The number of hydrogen-bond acceptors (Lipinski definition) is 4. The summed E-state index contributed by atoms with van der Waals surface area (Å²) in [5.41, 5.74) is 4.18. The number of nitrogens with one attached hydrogen (secondary N) is 2. The molecule has 1 aliphatic carbocycles. The molecule has 6 heteroatoms. The summed E-state index contributed by atoms with van der Waals surface area (Å²) in [7, 11) is 0. The van der Waals surface area contributed by atoms with Crippen molar-refractivity contribution in [3.8, 4) is 0 Å². The van der Waals surface area contributed by atoms with Crippen molar-refractivity contribution in [1.29, 1.82) is 0 Å². The average molecular weight is 325 g/mol. The maximum atomic E-state index is 12.2. The van der Waals surface area contributed by atoms with Gasteiger partial charge in [-0.05, 0) is 54.7 Å². The maximum absolute atomic E-state index is 12.2. The van der Waals surface area contributed by atoms with E-state index in [0.29, 0.717) is 18.7 Å². The lowest BCUT2D eigenvalue weighted by Gasteiger charge is -2.09. The molecular weight excluding hydrogens is 306 g/mol. The molecule has 0 saturated carbocycles. The van der Waals surface area contributed by atoms with Crippen LogP contribution in [0.1, 0.15) is 27.9 Å². The van der Waals surface area contributed by atoms with Crippen molar-refractivity contribution in [3.05, 3.63) is 69.3 Å². The van der Waals surface area contributed by atoms with E-state index < -0.39 is 4.92 Å². The average Bonchev–Trinajstić information content (AvgIpc) is 3.06. The van der Waals surface area contributed by atoms with Gasteiger partial charge in [0.05, 0.1) is 4.92 Å². The second kappa shape index (κ2) is 7.12. The van der Waals surface area contributed by atoms with Gasteiger partial charge in [-0.3, -0.25) is 14.9 Å². The number of amides is 1. The highest BCUT2D eigenvalue weighted by Crippen LogP contribution is 2.22. The van der Waals surface area contributed by atoms with Crippen molar-refractivity contribution in [2.45, 2.75) is 19.3 Å². The van der Waals surface area contributed by atoms with Crippen LogP contribution in [-0.4, -0.2) is 23.9 Å². The molecule has 0 heterocycles. The molecule has 2 aromatic carbocycles.